The molecule has 1 aliphatic heterocycles. The Bertz CT molecular complexity index is 1040. The summed E-state index contributed by atoms with van der Waals surface area (Å²) >= 11 is 25.2. The third-order valence-corrected chi connectivity index (χ3v) is 6.12. The van der Waals surface area contributed by atoms with Crippen molar-refractivity contribution in [3.8, 4) is 0 Å². The number of fused-ring (bicyclic) bond motifs is 1. The summed E-state index contributed by atoms with van der Waals surface area (Å²) in [6.45, 7) is 0.529. The summed E-state index contributed by atoms with van der Waals surface area (Å²) in [6, 6.07) is 18.4. The number of nitrogens with zero attached hydrogens (tertiary/aromatic N) is 1. The topological polar surface area (TPSA) is 20.3 Å². The first-order chi connectivity index (χ1) is 13.5. The van der Waals surface area contributed by atoms with Gasteiger partial charge in [-0.05, 0) is 41.3 Å². The lowest BCUT2D eigenvalue weighted by atomic mass is 9.87. The molecule has 0 spiro atoms. The highest BCUT2D eigenvalue weighted by Crippen LogP contribution is 2.40. The van der Waals surface area contributed by atoms with Gasteiger partial charge in [-0.2, -0.15) is 0 Å². The minimum atomic E-state index is -0.325. The number of amides is 1. The Kier molecular flexibility index (Phi) is 5.57. The van der Waals surface area contributed by atoms with Crippen LogP contribution < -0.4 is 0 Å². The summed E-state index contributed by atoms with van der Waals surface area (Å²) in [6.07, 6.45) is 0.742. The van der Waals surface area contributed by atoms with E-state index < -0.39 is 0 Å². The van der Waals surface area contributed by atoms with Crippen LogP contribution in [0.2, 0.25) is 20.1 Å². The van der Waals surface area contributed by atoms with Crippen molar-refractivity contribution in [1.82, 2.24) is 4.90 Å². The van der Waals surface area contributed by atoms with E-state index in [1.807, 2.05) is 42.5 Å². The molecule has 1 heterocycles. The van der Waals surface area contributed by atoms with Crippen LogP contribution in [-0.2, 0) is 6.42 Å². The third kappa shape index (κ3) is 3.51. The molecule has 0 saturated carbocycles. The first kappa shape index (κ1) is 19.6. The number of halogens is 4. The average molecular weight is 451 g/mol. The first-order valence-corrected chi connectivity index (χ1v) is 10.3. The summed E-state index contributed by atoms with van der Waals surface area (Å²) in [5.41, 5.74) is 3.37. The summed E-state index contributed by atoms with van der Waals surface area (Å²) in [7, 11) is 0. The normalized spacial score (nSPS) is 16.0. The second-order valence-electron chi connectivity index (χ2n) is 6.62. The molecule has 0 unspecified atom stereocenters. The number of carbonyl (C=O) groups excluding carboxylic acids is 1. The van der Waals surface area contributed by atoms with E-state index >= 15 is 0 Å². The standard InChI is InChI=1S/C22H15Cl4NO/c23-14-11-18(25)20(19(26)12-14)22(28)27-10-9-13-5-1-2-6-15(13)21(27)16-7-3-4-8-17(16)24/h1-8,11-12,21H,9-10H2/t21-/m1/s1. The second kappa shape index (κ2) is 7.96. The molecule has 0 aliphatic carbocycles. The molecule has 142 valence electrons. The van der Waals surface area contributed by atoms with E-state index in [0.717, 1.165) is 17.5 Å². The number of hydrogen-bond acceptors (Lipinski definition) is 1. The lowest BCUT2D eigenvalue weighted by molar-refractivity contribution is 0.0695. The Balaban J connectivity index is 1.87. The molecule has 0 bridgehead atoms. The molecular weight excluding hydrogens is 436 g/mol. The van der Waals surface area contributed by atoms with Gasteiger partial charge in [0, 0.05) is 16.6 Å². The van der Waals surface area contributed by atoms with Gasteiger partial charge >= 0.3 is 0 Å². The van der Waals surface area contributed by atoms with E-state index in [1.54, 1.807) is 4.90 Å². The Morgan fingerprint density at radius 3 is 2.11 bits per heavy atom. The number of carbonyl (C=O) groups is 1. The Labute approximate surface area is 183 Å². The van der Waals surface area contributed by atoms with Crippen LogP contribution in [0, 0.1) is 0 Å². The van der Waals surface area contributed by atoms with Gasteiger partial charge < -0.3 is 4.90 Å². The molecule has 6 heteroatoms. The quantitative estimate of drug-likeness (QED) is 0.408. The SMILES string of the molecule is O=C(c1c(Cl)cc(Cl)cc1Cl)N1CCc2ccccc2[C@@H]1c1ccccc1Cl. The number of hydrogen-bond donors (Lipinski definition) is 0. The zero-order valence-corrected chi connectivity index (χ0v) is 17.7. The van der Waals surface area contributed by atoms with Crippen molar-refractivity contribution in [1.29, 1.82) is 0 Å². The van der Waals surface area contributed by atoms with Crippen molar-refractivity contribution in [3.63, 3.8) is 0 Å². The maximum Gasteiger partial charge on any atom is 0.257 e. The molecule has 3 aromatic carbocycles. The van der Waals surface area contributed by atoms with Crippen LogP contribution in [0.15, 0.2) is 60.7 Å². The molecule has 1 amide bonds. The largest absolute Gasteiger partial charge is 0.327 e. The van der Waals surface area contributed by atoms with Gasteiger partial charge in [-0.15, -0.1) is 0 Å². The van der Waals surface area contributed by atoms with Crippen LogP contribution in [0.1, 0.15) is 33.1 Å². The van der Waals surface area contributed by atoms with Crippen molar-refractivity contribution in [3.05, 3.63) is 103 Å². The van der Waals surface area contributed by atoms with E-state index in [4.69, 9.17) is 46.4 Å². The Morgan fingerprint density at radius 2 is 1.43 bits per heavy atom. The van der Waals surface area contributed by atoms with Crippen LogP contribution >= 0.6 is 46.4 Å². The highest BCUT2D eigenvalue weighted by atomic mass is 35.5. The van der Waals surface area contributed by atoms with Gasteiger partial charge in [0.1, 0.15) is 0 Å². The van der Waals surface area contributed by atoms with Gasteiger partial charge in [-0.25, -0.2) is 0 Å². The van der Waals surface area contributed by atoms with E-state index in [1.165, 1.54) is 17.7 Å². The average Bonchev–Trinajstić information content (AvgIpc) is 2.67. The zero-order valence-electron chi connectivity index (χ0n) is 14.6. The van der Waals surface area contributed by atoms with Crippen molar-refractivity contribution >= 4 is 52.3 Å². The smallest absolute Gasteiger partial charge is 0.257 e. The minimum absolute atomic E-state index is 0.235. The molecule has 0 fully saturated rings. The predicted molar refractivity (Wildman–Crippen MR) is 116 cm³/mol. The van der Waals surface area contributed by atoms with Crippen molar-refractivity contribution in [2.45, 2.75) is 12.5 Å². The van der Waals surface area contributed by atoms with Gasteiger partial charge in [0.15, 0.2) is 0 Å². The second-order valence-corrected chi connectivity index (χ2v) is 8.27. The Morgan fingerprint density at radius 1 is 0.821 bits per heavy atom. The van der Waals surface area contributed by atoms with E-state index in [2.05, 4.69) is 6.07 Å². The van der Waals surface area contributed by atoms with Gasteiger partial charge in [0.2, 0.25) is 0 Å². The third-order valence-electron chi connectivity index (χ3n) is 4.96. The maximum absolute atomic E-state index is 13.5. The molecule has 0 N–H and O–H groups in total. The van der Waals surface area contributed by atoms with Gasteiger partial charge in [0.25, 0.3) is 5.91 Å². The fourth-order valence-electron chi connectivity index (χ4n) is 3.71. The monoisotopic (exact) mass is 449 g/mol. The molecule has 2 nitrogen and oxygen atoms in total. The zero-order chi connectivity index (χ0) is 19.8. The van der Waals surface area contributed by atoms with Crippen molar-refractivity contribution in [2.75, 3.05) is 6.54 Å². The minimum Gasteiger partial charge on any atom is -0.327 e. The van der Waals surface area contributed by atoms with E-state index in [9.17, 15) is 4.79 Å². The number of rotatable bonds is 2. The van der Waals surface area contributed by atoms with Crippen LogP contribution in [0.25, 0.3) is 0 Å². The lowest BCUT2D eigenvalue weighted by Crippen LogP contribution is -2.41. The molecular formula is C22H15Cl4NO. The first-order valence-electron chi connectivity index (χ1n) is 8.75. The van der Waals surface area contributed by atoms with Crippen LogP contribution in [0.4, 0.5) is 0 Å². The van der Waals surface area contributed by atoms with Crippen LogP contribution in [-0.4, -0.2) is 17.4 Å². The lowest BCUT2D eigenvalue weighted by Gasteiger charge is -2.38. The number of benzene rings is 3. The molecule has 28 heavy (non-hydrogen) atoms. The summed E-state index contributed by atoms with van der Waals surface area (Å²) < 4.78 is 0. The van der Waals surface area contributed by atoms with Crippen LogP contribution in [0.3, 0.4) is 0 Å². The summed E-state index contributed by atoms with van der Waals surface area (Å²) in [5.74, 6) is -0.244. The molecule has 4 rings (SSSR count). The van der Waals surface area contributed by atoms with Gasteiger partial charge in [-0.3, -0.25) is 4.79 Å². The fraction of sp³-hybridized carbons (Fsp3) is 0.136. The fourth-order valence-corrected chi connectivity index (χ4v) is 4.93. The molecule has 1 aliphatic rings. The highest BCUT2D eigenvalue weighted by molar-refractivity contribution is 6.42. The molecule has 1 atom stereocenters. The Hall–Kier alpha value is -1.71. The summed E-state index contributed by atoms with van der Waals surface area (Å²) in [4.78, 5) is 15.3. The molecule has 0 aromatic heterocycles. The van der Waals surface area contributed by atoms with Crippen molar-refractivity contribution < 1.29 is 4.79 Å². The molecule has 0 radical (unpaired) electrons. The maximum atomic E-state index is 13.5. The van der Waals surface area contributed by atoms with E-state index in [0.29, 0.717) is 16.6 Å². The molecule has 3 aromatic rings. The molecule has 0 saturated heterocycles. The summed E-state index contributed by atoms with van der Waals surface area (Å²) in [5, 5.41) is 1.46. The van der Waals surface area contributed by atoms with Crippen LogP contribution in [0.5, 0.6) is 0 Å². The van der Waals surface area contributed by atoms with Gasteiger partial charge in [0.05, 0.1) is 21.7 Å². The predicted octanol–water partition coefficient (Wildman–Crippen LogP) is 7.09. The van der Waals surface area contributed by atoms with Crippen molar-refractivity contribution in [2.24, 2.45) is 0 Å². The van der Waals surface area contributed by atoms with E-state index in [-0.39, 0.29) is 27.6 Å². The van der Waals surface area contributed by atoms with Gasteiger partial charge in [-0.1, -0.05) is 88.9 Å². The highest BCUT2D eigenvalue weighted by Gasteiger charge is 2.35.